The Bertz CT molecular complexity index is 608. The van der Waals surface area contributed by atoms with Gasteiger partial charge in [0, 0.05) is 12.0 Å². The van der Waals surface area contributed by atoms with E-state index >= 15 is 0 Å². The Balaban J connectivity index is 1.94. The molecule has 2 rings (SSSR count). The van der Waals surface area contributed by atoms with E-state index in [4.69, 9.17) is 4.42 Å². The largest absolute Gasteiger partial charge is 0.459 e. The monoisotopic (exact) mass is 289 g/mol. The third-order valence-corrected chi connectivity index (χ3v) is 2.94. The maximum Gasteiger partial charge on any atom is 0.220 e. The molecule has 1 amide bonds. The fourth-order valence-electron chi connectivity index (χ4n) is 1.97. The third-order valence-electron chi connectivity index (χ3n) is 2.94. The predicted molar refractivity (Wildman–Crippen MR) is 80.0 cm³/mol. The molecule has 0 aliphatic carbocycles. The Morgan fingerprint density at radius 3 is 2.43 bits per heavy atom. The normalized spacial score (nSPS) is 11.4. The number of furan rings is 1. The van der Waals surface area contributed by atoms with Gasteiger partial charge in [0.25, 0.3) is 0 Å². The number of nitrogens with one attached hydrogen (secondary N) is 1. The summed E-state index contributed by atoms with van der Waals surface area (Å²) in [4.78, 5) is 11.8. The molecule has 1 aromatic heterocycles. The molecule has 3 nitrogen and oxygen atoms in total. The van der Waals surface area contributed by atoms with Gasteiger partial charge in [-0.1, -0.05) is 20.8 Å². The second kappa shape index (κ2) is 6.12. The number of hydrogen-bond donors (Lipinski definition) is 1. The maximum atomic E-state index is 12.9. The van der Waals surface area contributed by atoms with Gasteiger partial charge in [-0.15, -0.1) is 0 Å². The molecule has 0 radical (unpaired) electrons. The van der Waals surface area contributed by atoms with Crippen molar-refractivity contribution in [3.05, 3.63) is 48.0 Å². The Labute approximate surface area is 124 Å². The van der Waals surface area contributed by atoms with E-state index in [9.17, 15) is 9.18 Å². The lowest BCUT2D eigenvalue weighted by molar-refractivity contribution is -0.123. The van der Waals surface area contributed by atoms with Crippen LogP contribution in [0, 0.1) is 11.2 Å². The van der Waals surface area contributed by atoms with Crippen molar-refractivity contribution in [2.45, 2.75) is 33.7 Å². The van der Waals surface area contributed by atoms with Crippen molar-refractivity contribution < 1.29 is 13.6 Å². The fourth-order valence-corrected chi connectivity index (χ4v) is 1.97. The summed E-state index contributed by atoms with van der Waals surface area (Å²) in [7, 11) is 0. The minimum atomic E-state index is -0.278. The molecule has 112 valence electrons. The van der Waals surface area contributed by atoms with Gasteiger partial charge in [-0.25, -0.2) is 4.39 Å². The van der Waals surface area contributed by atoms with Crippen LogP contribution in [0.1, 0.15) is 33.0 Å². The lowest BCUT2D eigenvalue weighted by atomic mass is 9.92. The topological polar surface area (TPSA) is 42.2 Å². The molecule has 0 spiro atoms. The van der Waals surface area contributed by atoms with Gasteiger partial charge < -0.3 is 9.73 Å². The molecule has 21 heavy (non-hydrogen) atoms. The van der Waals surface area contributed by atoms with E-state index in [0.29, 0.717) is 24.5 Å². The van der Waals surface area contributed by atoms with Crippen LogP contribution in [0.4, 0.5) is 4.39 Å². The van der Waals surface area contributed by atoms with E-state index in [0.717, 1.165) is 5.56 Å². The lowest BCUT2D eigenvalue weighted by Crippen LogP contribution is -2.26. The molecule has 0 fully saturated rings. The maximum absolute atomic E-state index is 12.9. The van der Waals surface area contributed by atoms with E-state index in [2.05, 4.69) is 5.32 Å². The van der Waals surface area contributed by atoms with E-state index < -0.39 is 0 Å². The molecular formula is C17H20FNO2. The highest BCUT2D eigenvalue weighted by Gasteiger charge is 2.16. The van der Waals surface area contributed by atoms with Crippen LogP contribution in [-0.2, 0) is 11.3 Å². The number of hydrogen-bond acceptors (Lipinski definition) is 2. The van der Waals surface area contributed by atoms with Crippen LogP contribution in [0.2, 0.25) is 0 Å². The van der Waals surface area contributed by atoms with Crippen LogP contribution in [0.15, 0.2) is 40.8 Å². The number of rotatable bonds is 4. The van der Waals surface area contributed by atoms with E-state index in [1.165, 1.54) is 12.1 Å². The van der Waals surface area contributed by atoms with Crippen LogP contribution < -0.4 is 5.32 Å². The molecule has 0 saturated carbocycles. The minimum absolute atomic E-state index is 0.00207. The van der Waals surface area contributed by atoms with Crippen LogP contribution in [0.25, 0.3) is 11.3 Å². The molecule has 0 atom stereocenters. The van der Waals surface area contributed by atoms with Crippen molar-refractivity contribution in [2.75, 3.05) is 0 Å². The molecule has 0 unspecified atom stereocenters. The first-order valence-electron chi connectivity index (χ1n) is 6.95. The zero-order valence-corrected chi connectivity index (χ0v) is 12.6. The Morgan fingerprint density at radius 2 is 1.81 bits per heavy atom. The zero-order chi connectivity index (χ0) is 15.5. The quantitative estimate of drug-likeness (QED) is 0.919. The summed E-state index contributed by atoms with van der Waals surface area (Å²) >= 11 is 0. The van der Waals surface area contributed by atoms with Gasteiger partial charge in [0.15, 0.2) is 0 Å². The molecule has 0 saturated heterocycles. The van der Waals surface area contributed by atoms with Crippen molar-refractivity contribution in [2.24, 2.45) is 5.41 Å². The van der Waals surface area contributed by atoms with Crippen LogP contribution in [0.3, 0.4) is 0 Å². The van der Waals surface area contributed by atoms with Crippen molar-refractivity contribution in [3.63, 3.8) is 0 Å². The number of amides is 1. The smallest absolute Gasteiger partial charge is 0.220 e. The van der Waals surface area contributed by atoms with Gasteiger partial charge in [0.2, 0.25) is 5.91 Å². The summed E-state index contributed by atoms with van der Waals surface area (Å²) in [6, 6.07) is 9.74. The number of halogens is 1. The number of carbonyl (C=O) groups is 1. The molecular weight excluding hydrogens is 269 g/mol. The second-order valence-corrected chi connectivity index (χ2v) is 6.29. The van der Waals surface area contributed by atoms with Gasteiger partial charge in [-0.05, 0) is 41.8 Å². The summed E-state index contributed by atoms with van der Waals surface area (Å²) in [5, 5.41) is 2.84. The Morgan fingerprint density at radius 1 is 1.14 bits per heavy atom. The van der Waals surface area contributed by atoms with Crippen LogP contribution >= 0.6 is 0 Å². The van der Waals surface area contributed by atoms with E-state index in [-0.39, 0.29) is 17.1 Å². The Hall–Kier alpha value is -2.10. The highest BCUT2D eigenvalue weighted by molar-refractivity contribution is 5.76. The van der Waals surface area contributed by atoms with Gasteiger partial charge >= 0.3 is 0 Å². The summed E-state index contributed by atoms with van der Waals surface area (Å²) in [5.74, 6) is 1.06. The minimum Gasteiger partial charge on any atom is -0.459 e. The van der Waals surface area contributed by atoms with E-state index in [1.54, 1.807) is 12.1 Å². The molecule has 0 bridgehead atoms. The SMILES string of the molecule is CC(C)(C)CC(=O)NCc1ccc(-c2ccc(F)cc2)o1. The van der Waals surface area contributed by atoms with Gasteiger partial charge in [0.05, 0.1) is 6.54 Å². The van der Waals surface area contributed by atoms with E-state index in [1.807, 2.05) is 32.9 Å². The number of benzene rings is 1. The standard InChI is InChI=1S/C17H20FNO2/c1-17(2,3)10-16(20)19-11-14-8-9-15(21-14)12-4-6-13(18)7-5-12/h4-9H,10-11H2,1-3H3,(H,19,20). The van der Waals surface area contributed by atoms with Gasteiger partial charge in [0.1, 0.15) is 17.3 Å². The molecule has 2 aromatic rings. The average molecular weight is 289 g/mol. The van der Waals surface area contributed by atoms with Crippen LogP contribution in [-0.4, -0.2) is 5.91 Å². The third kappa shape index (κ3) is 4.74. The first-order chi connectivity index (χ1) is 9.83. The summed E-state index contributed by atoms with van der Waals surface area (Å²) in [6.07, 6.45) is 0.471. The summed E-state index contributed by atoms with van der Waals surface area (Å²) in [5.41, 5.74) is 0.774. The van der Waals surface area contributed by atoms with Gasteiger partial charge in [-0.3, -0.25) is 4.79 Å². The second-order valence-electron chi connectivity index (χ2n) is 6.29. The summed E-state index contributed by atoms with van der Waals surface area (Å²) < 4.78 is 18.5. The van der Waals surface area contributed by atoms with Crippen molar-refractivity contribution in [3.8, 4) is 11.3 Å². The van der Waals surface area contributed by atoms with Crippen molar-refractivity contribution in [1.29, 1.82) is 0 Å². The first kappa shape index (κ1) is 15.3. The number of carbonyl (C=O) groups excluding carboxylic acids is 1. The zero-order valence-electron chi connectivity index (χ0n) is 12.6. The lowest BCUT2D eigenvalue weighted by Gasteiger charge is -2.16. The Kier molecular flexibility index (Phi) is 4.46. The highest BCUT2D eigenvalue weighted by atomic mass is 19.1. The molecule has 4 heteroatoms. The van der Waals surface area contributed by atoms with Crippen molar-refractivity contribution >= 4 is 5.91 Å². The molecule has 0 aliphatic rings. The fraction of sp³-hybridized carbons (Fsp3) is 0.353. The van der Waals surface area contributed by atoms with Crippen LogP contribution in [0.5, 0.6) is 0 Å². The average Bonchev–Trinajstić information content (AvgIpc) is 2.84. The predicted octanol–water partition coefficient (Wildman–Crippen LogP) is 4.14. The molecule has 0 aliphatic heterocycles. The first-order valence-corrected chi connectivity index (χ1v) is 6.95. The highest BCUT2D eigenvalue weighted by Crippen LogP contribution is 2.22. The van der Waals surface area contributed by atoms with Crippen molar-refractivity contribution in [1.82, 2.24) is 5.32 Å². The van der Waals surface area contributed by atoms with Gasteiger partial charge in [-0.2, -0.15) is 0 Å². The summed E-state index contributed by atoms with van der Waals surface area (Å²) in [6.45, 7) is 6.42. The molecule has 1 N–H and O–H groups in total. The molecule has 1 heterocycles. The molecule has 1 aromatic carbocycles.